The number of hydrogen-bond donors (Lipinski definition) is 0. The van der Waals surface area contributed by atoms with Crippen LogP contribution in [-0.2, 0) is 33.3 Å². The van der Waals surface area contributed by atoms with Crippen molar-refractivity contribution < 1.29 is 42.9 Å². The summed E-state index contributed by atoms with van der Waals surface area (Å²) in [4.78, 5) is 37.3. The number of carboxylic acid groups (broad SMARTS) is 1. The molecule has 2 unspecified atom stereocenters. The molecule has 2 atom stereocenters. The summed E-state index contributed by atoms with van der Waals surface area (Å²) in [6.45, 7) is 4.67. The zero-order valence-electron chi connectivity index (χ0n) is 49.2. The molecule has 0 aromatic heterocycles. The lowest BCUT2D eigenvalue weighted by molar-refractivity contribution is -0.870. The standard InChI is InChI=1S/C65H119NO8/c1-6-8-10-12-14-16-18-20-22-23-24-25-26-27-28-29-30-31-32-33-34-35-36-37-38-39-40-41-42-44-46-48-50-52-54-56-63(68)74-61(60-73-65(64(69)70)71-58-57-66(3,4)5)59-72-62(67)55-53-51-49-47-45-43-21-19-17-15-13-11-9-7-2/h8,10,14,16,20,22,24-25,61,65H,6-7,9,11-13,15,17-19,21,23,26-60H2,1-5H3/b10-8-,16-14-,22-20-,25-24-. The molecule has 0 amide bonds. The molecule has 0 aliphatic rings. The molecule has 0 aliphatic heterocycles. The lowest BCUT2D eigenvalue weighted by Crippen LogP contribution is -2.44. The number of ether oxygens (including phenoxy) is 4. The highest BCUT2D eigenvalue weighted by atomic mass is 16.7. The Morgan fingerprint density at radius 2 is 0.770 bits per heavy atom. The minimum atomic E-state index is -1.62. The predicted molar refractivity (Wildman–Crippen MR) is 311 cm³/mol. The first kappa shape index (κ1) is 71.2. The van der Waals surface area contributed by atoms with Crippen molar-refractivity contribution in [3.05, 3.63) is 48.6 Å². The maximum absolute atomic E-state index is 12.9. The number of likely N-dealkylation sites (N-methyl/N-ethyl adjacent to an activating group) is 1. The van der Waals surface area contributed by atoms with Crippen molar-refractivity contribution in [2.45, 2.75) is 302 Å². The summed E-state index contributed by atoms with van der Waals surface area (Å²) in [7, 11) is 5.93. The molecule has 9 nitrogen and oxygen atoms in total. The molecule has 0 aromatic carbocycles. The molecule has 0 rings (SSSR count). The van der Waals surface area contributed by atoms with Gasteiger partial charge in [0.15, 0.2) is 12.4 Å². The van der Waals surface area contributed by atoms with Gasteiger partial charge in [-0.3, -0.25) is 9.59 Å². The van der Waals surface area contributed by atoms with Gasteiger partial charge in [0.05, 0.1) is 40.3 Å². The van der Waals surface area contributed by atoms with Crippen molar-refractivity contribution in [3.8, 4) is 0 Å². The fraction of sp³-hybridized carbons (Fsp3) is 0.831. The summed E-state index contributed by atoms with van der Waals surface area (Å²) in [6.07, 6.45) is 67.6. The average Bonchev–Trinajstić information content (AvgIpc) is 3.37. The minimum Gasteiger partial charge on any atom is -0.545 e. The molecule has 0 N–H and O–H groups in total. The van der Waals surface area contributed by atoms with Gasteiger partial charge in [-0.15, -0.1) is 0 Å². The number of unbranched alkanes of at least 4 members (excludes halogenated alkanes) is 35. The molecule has 0 heterocycles. The molecule has 0 aliphatic carbocycles. The molecule has 74 heavy (non-hydrogen) atoms. The van der Waals surface area contributed by atoms with Crippen molar-refractivity contribution in [2.24, 2.45) is 0 Å². The zero-order valence-corrected chi connectivity index (χ0v) is 49.2. The summed E-state index contributed by atoms with van der Waals surface area (Å²) in [5.74, 6) is -2.26. The lowest BCUT2D eigenvalue weighted by Gasteiger charge is -2.26. The van der Waals surface area contributed by atoms with Crippen LogP contribution in [0.15, 0.2) is 48.6 Å². The summed E-state index contributed by atoms with van der Waals surface area (Å²) in [6, 6.07) is 0. The van der Waals surface area contributed by atoms with Gasteiger partial charge in [-0.25, -0.2) is 0 Å². The maximum Gasteiger partial charge on any atom is 0.306 e. The van der Waals surface area contributed by atoms with E-state index in [4.69, 9.17) is 18.9 Å². The first-order valence-corrected chi connectivity index (χ1v) is 31.3. The number of quaternary nitrogens is 1. The van der Waals surface area contributed by atoms with E-state index < -0.39 is 24.3 Å². The summed E-state index contributed by atoms with van der Waals surface area (Å²) in [5.41, 5.74) is 0. The van der Waals surface area contributed by atoms with Crippen molar-refractivity contribution in [2.75, 3.05) is 47.5 Å². The Morgan fingerprint density at radius 3 is 1.15 bits per heavy atom. The topological polar surface area (TPSA) is 111 Å². The highest BCUT2D eigenvalue weighted by molar-refractivity contribution is 5.70. The van der Waals surface area contributed by atoms with Crippen LogP contribution >= 0.6 is 0 Å². The number of rotatable bonds is 58. The number of nitrogens with zero attached hydrogens (tertiary/aromatic N) is 1. The third-order valence-electron chi connectivity index (χ3n) is 13.8. The van der Waals surface area contributed by atoms with E-state index in [9.17, 15) is 19.5 Å². The van der Waals surface area contributed by atoms with Gasteiger partial charge in [-0.05, 0) is 51.4 Å². The molecule has 0 spiro atoms. The molecule has 0 saturated carbocycles. The number of hydrogen-bond acceptors (Lipinski definition) is 8. The maximum atomic E-state index is 12.9. The predicted octanol–water partition coefficient (Wildman–Crippen LogP) is 17.3. The molecule has 0 saturated heterocycles. The number of allylic oxidation sites excluding steroid dienone is 8. The van der Waals surface area contributed by atoms with Gasteiger partial charge in [-0.2, -0.15) is 0 Å². The first-order valence-electron chi connectivity index (χ1n) is 31.3. The molecule has 9 heteroatoms. The van der Waals surface area contributed by atoms with Crippen LogP contribution in [0.25, 0.3) is 0 Å². The van der Waals surface area contributed by atoms with Crippen LogP contribution in [0.3, 0.4) is 0 Å². The van der Waals surface area contributed by atoms with E-state index in [-0.39, 0.29) is 32.2 Å². The van der Waals surface area contributed by atoms with E-state index in [0.717, 1.165) is 64.2 Å². The molecule has 0 aromatic rings. The van der Waals surface area contributed by atoms with E-state index in [0.29, 0.717) is 17.4 Å². The largest absolute Gasteiger partial charge is 0.545 e. The third-order valence-corrected chi connectivity index (χ3v) is 13.8. The summed E-state index contributed by atoms with van der Waals surface area (Å²) >= 11 is 0. The second kappa shape index (κ2) is 56.5. The van der Waals surface area contributed by atoms with Crippen molar-refractivity contribution in [1.29, 1.82) is 0 Å². The van der Waals surface area contributed by atoms with Gasteiger partial charge in [-0.1, -0.05) is 274 Å². The van der Waals surface area contributed by atoms with Crippen molar-refractivity contribution in [3.63, 3.8) is 0 Å². The summed E-state index contributed by atoms with van der Waals surface area (Å²) < 4.78 is 22.7. The van der Waals surface area contributed by atoms with Crippen molar-refractivity contribution >= 4 is 17.9 Å². The van der Waals surface area contributed by atoms with Crippen LogP contribution in [0.2, 0.25) is 0 Å². The lowest BCUT2D eigenvalue weighted by atomic mass is 10.0. The smallest absolute Gasteiger partial charge is 0.306 e. The van der Waals surface area contributed by atoms with E-state index in [2.05, 4.69) is 62.5 Å². The van der Waals surface area contributed by atoms with Crippen LogP contribution in [-0.4, -0.2) is 82.3 Å². The molecule has 0 bridgehead atoms. The number of aliphatic carboxylic acids is 1. The van der Waals surface area contributed by atoms with Gasteiger partial charge in [0.2, 0.25) is 0 Å². The van der Waals surface area contributed by atoms with Gasteiger partial charge in [0, 0.05) is 12.8 Å². The third kappa shape index (κ3) is 57.0. The normalized spacial score (nSPS) is 13.0. The van der Waals surface area contributed by atoms with E-state index >= 15 is 0 Å². The monoisotopic (exact) mass is 1040 g/mol. The summed E-state index contributed by atoms with van der Waals surface area (Å²) in [5, 5.41) is 11.8. The second-order valence-corrected chi connectivity index (χ2v) is 22.3. The van der Waals surface area contributed by atoms with Crippen LogP contribution in [0.4, 0.5) is 0 Å². The van der Waals surface area contributed by atoms with Crippen LogP contribution in [0.5, 0.6) is 0 Å². The van der Waals surface area contributed by atoms with E-state index in [1.165, 1.54) is 199 Å². The molecule has 0 radical (unpaired) electrons. The number of carboxylic acids is 1. The Hall–Kier alpha value is -2.75. The highest BCUT2D eigenvalue weighted by Gasteiger charge is 2.22. The zero-order chi connectivity index (χ0) is 54.1. The fourth-order valence-electron chi connectivity index (χ4n) is 9.06. The Balaban J connectivity index is 4.01. The van der Waals surface area contributed by atoms with Crippen LogP contribution < -0.4 is 5.11 Å². The van der Waals surface area contributed by atoms with Gasteiger partial charge < -0.3 is 33.3 Å². The Bertz CT molecular complexity index is 1350. The van der Waals surface area contributed by atoms with Gasteiger partial charge in [0.25, 0.3) is 0 Å². The number of carbonyl (C=O) groups is 3. The fourth-order valence-corrected chi connectivity index (χ4v) is 9.06. The number of esters is 2. The molecular weight excluding hydrogens is 923 g/mol. The Labute approximate surface area is 457 Å². The number of carbonyl (C=O) groups excluding carboxylic acids is 3. The van der Waals surface area contributed by atoms with Crippen molar-refractivity contribution in [1.82, 2.24) is 0 Å². The quantitative estimate of drug-likeness (QED) is 0.0195. The van der Waals surface area contributed by atoms with E-state index in [1.54, 1.807) is 0 Å². The van der Waals surface area contributed by atoms with Gasteiger partial charge in [0.1, 0.15) is 13.2 Å². The SMILES string of the molecule is CC/C=C\C/C=C\C/C=C\C/C=C\CCCCCCCCCCCCCCCCCCCCCCCCC(=O)OC(COC(=O)CCCCCCCCCCCCCCCC)COC(OCC[N+](C)(C)C)C(=O)[O-]. The molecule has 432 valence electrons. The molecule has 0 fully saturated rings. The molecular formula is C65H119NO8. The Kier molecular flexibility index (Phi) is 54.4. The Morgan fingerprint density at radius 1 is 0.419 bits per heavy atom. The van der Waals surface area contributed by atoms with Crippen LogP contribution in [0.1, 0.15) is 290 Å². The van der Waals surface area contributed by atoms with E-state index in [1.807, 2.05) is 21.1 Å². The van der Waals surface area contributed by atoms with Crippen LogP contribution in [0, 0.1) is 0 Å². The highest BCUT2D eigenvalue weighted by Crippen LogP contribution is 2.18. The first-order chi connectivity index (χ1) is 36.1. The minimum absolute atomic E-state index is 0.150. The second-order valence-electron chi connectivity index (χ2n) is 22.3. The average molecular weight is 1040 g/mol. The van der Waals surface area contributed by atoms with Gasteiger partial charge >= 0.3 is 11.9 Å².